The molecule has 1 unspecified atom stereocenters. The van der Waals surface area contributed by atoms with Crippen LogP contribution in [0.25, 0.3) is 0 Å². The van der Waals surface area contributed by atoms with Crippen molar-refractivity contribution in [2.75, 3.05) is 13.1 Å². The minimum atomic E-state index is -1.59. The van der Waals surface area contributed by atoms with Crippen molar-refractivity contribution in [3.8, 4) is 0 Å². The van der Waals surface area contributed by atoms with Gasteiger partial charge in [0.05, 0.1) is 12.5 Å². The van der Waals surface area contributed by atoms with Crippen molar-refractivity contribution >= 4 is 11.9 Å². The fourth-order valence-corrected chi connectivity index (χ4v) is 1.40. The number of carbonyl (C=O) groups is 2. The van der Waals surface area contributed by atoms with E-state index < -0.39 is 24.6 Å². The molecule has 1 amide bonds. The molecular weight excluding hydrogens is 236 g/mol. The number of unbranched alkanes of at least 4 members (excludes halogenated alkanes) is 2. The van der Waals surface area contributed by atoms with Crippen LogP contribution < -0.4 is 34.7 Å². The fourth-order valence-electron chi connectivity index (χ4n) is 1.40. The van der Waals surface area contributed by atoms with Gasteiger partial charge in [0, 0.05) is 6.54 Å². The van der Waals surface area contributed by atoms with Crippen molar-refractivity contribution < 1.29 is 48.6 Å². The van der Waals surface area contributed by atoms with Crippen LogP contribution in [0.15, 0.2) is 0 Å². The third-order valence-electron chi connectivity index (χ3n) is 2.34. The van der Waals surface area contributed by atoms with E-state index in [9.17, 15) is 19.1 Å². The Bertz CT molecular complexity index is 239. The number of carbonyl (C=O) groups excluding carboxylic acids is 2. The molecule has 17 heavy (non-hydrogen) atoms. The Hall–Kier alpha value is -0.130. The van der Waals surface area contributed by atoms with Crippen LogP contribution in [-0.4, -0.2) is 36.0 Å². The molecule has 0 aromatic carbocycles. The van der Waals surface area contributed by atoms with Gasteiger partial charge in [0.15, 0.2) is 6.17 Å². The first-order valence-corrected chi connectivity index (χ1v) is 5.65. The molecular formula is C11H19FNNaO3. The van der Waals surface area contributed by atoms with Crippen LogP contribution in [0.2, 0.25) is 0 Å². The van der Waals surface area contributed by atoms with Gasteiger partial charge in [0.25, 0.3) is 5.91 Å². The third kappa shape index (κ3) is 8.57. The SMILES string of the molecule is CCCCCC(F)C(=O)N(CC)CC(=O)[O-].[Na+]. The summed E-state index contributed by atoms with van der Waals surface area (Å²) < 4.78 is 13.4. The van der Waals surface area contributed by atoms with E-state index in [2.05, 4.69) is 0 Å². The number of carboxylic acids is 1. The van der Waals surface area contributed by atoms with Crippen LogP contribution in [-0.2, 0) is 9.59 Å². The Morgan fingerprint density at radius 2 is 1.88 bits per heavy atom. The molecule has 6 heteroatoms. The van der Waals surface area contributed by atoms with Gasteiger partial charge in [-0.25, -0.2) is 4.39 Å². The van der Waals surface area contributed by atoms with E-state index >= 15 is 0 Å². The molecule has 1 atom stereocenters. The molecule has 0 spiro atoms. The molecule has 0 heterocycles. The second-order valence-corrected chi connectivity index (χ2v) is 3.69. The van der Waals surface area contributed by atoms with Crippen LogP contribution in [0.4, 0.5) is 4.39 Å². The van der Waals surface area contributed by atoms with E-state index in [4.69, 9.17) is 0 Å². The van der Waals surface area contributed by atoms with Gasteiger partial charge in [0.1, 0.15) is 0 Å². The third-order valence-corrected chi connectivity index (χ3v) is 2.34. The Balaban J connectivity index is 0. The second-order valence-electron chi connectivity index (χ2n) is 3.69. The van der Waals surface area contributed by atoms with Gasteiger partial charge in [0.2, 0.25) is 0 Å². The molecule has 0 aromatic heterocycles. The average Bonchev–Trinajstić information content (AvgIpc) is 2.24. The molecule has 0 bridgehead atoms. The number of aliphatic carboxylic acids is 1. The first-order chi connectivity index (χ1) is 7.52. The minimum absolute atomic E-state index is 0. The van der Waals surface area contributed by atoms with Crippen molar-refractivity contribution in [1.82, 2.24) is 4.90 Å². The molecule has 0 N–H and O–H groups in total. The van der Waals surface area contributed by atoms with E-state index in [1.165, 1.54) is 0 Å². The summed E-state index contributed by atoms with van der Waals surface area (Å²) in [6.07, 6.45) is 1.05. The zero-order valence-electron chi connectivity index (χ0n) is 10.9. The smallest absolute Gasteiger partial charge is 0.548 e. The summed E-state index contributed by atoms with van der Waals surface area (Å²) in [6, 6.07) is 0. The summed E-state index contributed by atoms with van der Waals surface area (Å²) in [6.45, 7) is 3.24. The summed E-state index contributed by atoms with van der Waals surface area (Å²) in [5.74, 6) is -2.11. The van der Waals surface area contributed by atoms with Gasteiger partial charge >= 0.3 is 29.6 Å². The maximum atomic E-state index is 13.4. The molecule has 0 saturated heterocycles. The number of hydrogen-bond donors (Lipinski definition) is 0. The normalized spacial score (nSPS) is 11.5. The molecule has 0 fully saturated rings. The fraction of sp³-hybridized carbons (Fsp3) is 0.818. The van der Waals surface area contributed by atoms with Crippen molar-refractivity contribution in [2.45, 2.75) is 45.7 Å². The number of amides is 1. The summed E-state index contributed by atoms with van der Waals surface area (Å²) in [5, 5.41) is 10.3. The summed E-state index contributed by atoms with van der Waals surface area (Å²) in [7, 11) is 0. The van der Waals surface area contributed by atoms with Gasteiger partial charge < -0.3 is 14.8 Å². The molecule has 0 saturated carbocycles. The Morgan fingerprint density at radius 1 is 1.29 bits per heavy atom. The molecule has 0 aromatic rings. The maximum absolute atomic E-state index is 13.4. The first kappa shape index (κ1) is 19.2. The van der Waals surface area contributed by atoms with Crippen molar-refractivity contribution in [3.05, 3.63) is 0 Å². The zero-order valence-corrected chi connectivity index (χ0v) is 12.9. The Kier molecular flexibility index (Phi) is 12.4. The molecule has 0 aliphatic carbocycles. The Labute approximate surface area is 124 Å². The number of carboxylic acid groups (broad SMARTS) is 1. The van der Waals surface area contributed by atoms with Gasteiger partial charge in [-0.05, 0) is 13.3 Å². The minimum Gasteiger partial charge on any atom is -0.548 e. The van der Waals surface area contributed by atoms with Crippen LogP contribution in [0.3, 0.4) is 0 Å². The molecule has 0 aliphatic heterocycles. The van der Waals surface area contributed by atoms with Gasteiger partial charge in [-0.15, -0.1) is 0 Å². The summed E-state index contributed by atoms with van der Waals surface area (Å²) in [4.78, 5) is 22.8. The van der Waals surface area contributed by atoms with Crippen molar-refractivity contribution in [1.29, 1.82) is 0 Å². The largest absolute Gasteiger partial charge is 1.00 e. The average molecular weight is 255 g/mol. The van der Waals surface area contributed by atoms with Gasteiger partial charge in [-0.1, -0.05) is 26.2 Å². The predicted octanol–water partition coefficient (Wildman–Crippen LogP) is -2.49. The first-order valence-electron chi connectivity index (χ1n) is 5.65. The molecule has 94 valence electrons. The summed E-state index contributed by atoms with van der Waals surface area (Å²) >= 11 is 0. The zero-order chi connectivity index (χ0) is 12.6. The quantitative estimate of drug-likeness (QED) is 0.356. The van der Waals surface area contributed by atoms with Crippen molar-refractivity contribution in [3.63, 3.8) is 0 Å². The van der Waals surface area contributed by atoms with E-state index in [-0.39, 0.29) is 42.5 Å². The van der Waals surface area contributed by atoms with E-state index in [0.717, 1.165) is 17.7 Å². The van der Waals surface area contributed by atoms with E-state index in [1.54, 1.807) is 6.92 Å². The van der Waals surface area contributed by atoms with E-state index in [0.29, 0.717) is 6.42 Å². The monoisotopic (exact) mass is 255 g/mol. The Morgan fingerprint density at radius 3 is 2.29 bits per heavy atom. The standard InChI is InChI=1S/C11H20FNO3.Na/c1-3-5-6-7-9(12)11(16)13(4-2)8-10(14)15;/h9H,3-8H2,1-2H3,(H,14,15);/q;+1/p-1. The number of nitrogens with zero attached hydrogens (tertiary/aromatic N) is 1. The van der Waals surface area contributed by atoms with Crippen LogP contribution >= 0.6 is 0 Å². The van der Waals surface area contributed by atoms with Crippen molar-refractivity contribution in [2.24, 2.45) is 0 Å². The van der Waals surface area contributed by atoms with Gasteiger partial charge in [-0.2, -0.15) is 0 Å². The molecule has 0 rings (SSSR count). The molecule has 0 aliphatic rings. The second kappa shape index (κ2) is 11.0. The number of hydrogen-bond acceptors (Lipinski definition) is 3. The number of halogens is 1. The summed E-state index contributed by atoms with van der Waals surface area (Å²) in [5.41, 5.74) is 0. The maximum Gasteiger partial charge on any atom is 1.00 e. The van der Waals surface area contributed by atoms with Crippen LogP contribution in [0.1, 0.15) is 39.5 Å². The number of likely N-dealkylation sites (N-methyl/N-ethyl adjacent to an activating group) is 1. The topological polar surface area (TPSA) is 60.4 Å². The van der Waals surface area contributed by atoms with Crippen LogP contribution in [0, 0.1) is 0 Å². The van der Waals surface area contributed by atoms with E-state index in [1.807, 2.05) is 6.92 Å². The molecule has 0 radical (unpaired) electrons. The predicted molar refractivity (Wildman–Crippen MR) is 56.3 cm³/mol. The molecule has 4 nitrogen and oxygen atoms in total. The van der Waals surface area contributed by atoms with Gasteiger partial charge in [-0.3, -0.25) is 4.79 Å². The number of alkyl halides is 1. The van der Waals surface area contributed by atoms with Crippen LogP contribution in [0.5, 0.6) is 0 Å². The number of rotatable bonds is 8.